The zero-order chi connectivity index (χ0) is 20.0. The predicted molar refractivity (Wildman–Crippen MR) is 96.6 cm³/mol. The minimum Gasteiger partial charge on any atom is -0.256 e. The van der Waals surface area contributed by atoms with Gasteiger partial charge in [-0.05, 0) is 42.7 Å². The van der Waals surface area contributed by atoms with Gasteiger partial charge in [0, 0.05) is 12.7 Å². The van der Waals surface area contributed by atoms with Gasteiger partial charge in [-0.25, -0.2) is 13.4 Å². The summed E-state index contributed by atoms with van der Waals surface area (Å²) in [6.07, 6.45) is -2.58. The molecule has 1 unspecified atom stereocenters. The predicted octanol–water partition coefficient (Wildman–Crippen LogP) is 3.97. The lowest BCUT2D eigenvalue weighted by Gasteiger charge is -2.24. The fourth-order valence-corrected chi connectivity index (χ4v) is 3.44. The number of halogens is 3. The van der Waals surface area contributed by atoms with E-state index in [1.807, 2.05) is 26.0 Å². The number of hydrazone groups is 1. The topological polar surface area (TPSA) is 62.6 Å². The molecule has 0 aliphatic carbocycles. The van der Waals surface area contributed by atoms with Crippen LogP contribution in [0.4, 0.5) is 18.9 Å². The van der Waals surface area contributed by atoms with E-state index in [4.69, 9.17) is 0 Å². The summed E-state index contributed by atoms with van der Waals surface area (Å²) in [5.74, 6) is 0. The van der Waals surface area contributed by atoms with Gasteiger partial charge in [0.2, 0.25) is 0 Å². The van der Waals surface area contributed by atoms with Crippen molar-refractivity contribution in [2.45, 2.75) is 37.5 Å². The lowest BCUT2D eigenvalue weighted by Crippen LogP contribution is -2.21. The number of anilines is 1. The van der Waals surface area contributed by atoms with E-state index < -0.39 is 27.8 Å². The minimum absolute atomic E-state index is 0.145. The number of alkyl halides is 3. The van der Waals surface area contributed by atoms with Crippen LogP contribution < -0.4 is 5.01 Å². The quantitative estimate of drug-likeness (QED) is 0.786. The molecule has 1 aliphatic rings. The van der Waals surface area contributed by atoms with Gasteiger partial charge in [-0.15, -0.1) is 0 Å². The third kappa shape index (κ3) is 3.97. The Balaban J connectivity index is 2.04. The Bertz CT molecular complexity index is 1000. The number of pyridine rings is 1. The first-order chi connectivity index (χ1) is 12.5. The minimum atomic E-state index is -4.53. The van der Waals surface area contributed by atoms with Crippen molar-refractivity contribution >= 4 is 21.2 Å². The van der Waals surface area contributed by atoms with Gasteiger partial charge in [0.1, 0.15) is 5.71 Å². The standard InChI is InChI=1S/C18H18F3N3O2S/c1-11-4-5-13(8-12(11)2)15-9-16(18(19,20)21)23-24(15)14-6-7-17(22-10-14)27(3,25)26/h4-8,10,15H,9H2,1-3H3. The van der Waals surface area contributed by atoms with Gasteiger partial charge < -0.3 is 0 Å². The molecule has 1 atom stereocenters. The number of benzene rings is 1. The van der Waals surface area contributed by atoms with Crippen LogP contribution in [0.3, 0.4) is 0 Å². The summed E-state index contributed by atoms with van der Waals surface area (Å²) in [6, 6.07) is 7.53. The van der Waals surface area contributed by atoms with Crippen molar-refractivity contribution in [3.8, 4) is 0 Å². The Morgan fingerprint density at radius 3 is 2.33 bits per heavy atom. The molecule has 2 aromatic rings. The molecule has 1 aromatic carbocycles. The van der Waals surface area contributed by atoms with E-state index in [9.17, 15) is 21.6 Å². The van der Waals surface area contributed by atoms with E-state index in [1.165, 1.54) is 23.3 Å². The van der Waals surface area contributed by atoms with E-state index in [0.29, 0.717) is 11.3 Å². The van der Waals surface area contributed by atoms with Crippen LogP contribution in [0.5, 0.6) is 0 Å². The van der Waals surface area contributed by atoms with Gasteiger partial charge in [-0.2, -0.15) is 18.3 Å². The third-order valence-corrected chi connectivity index (χ3v) is 5.52. The first-order valence-corrected chi connectivity index (χ1v) is 10.0. The molecule has 9 heteroatoms. The number of aromatic nitrogens is 1. The second-order valence-corrected chi connectivity index (χ2v) is 8.54. The molecule has 0 spiro atoms. The first-order valence-electron chi connectivity index (χ1n) is 8.14. The van der Waals surface area contributed by atoms with Crippen LogP contribution in [0, 0.1) is 13.8 Å². The number of aryl methyl sites for hydroxylation is 2. The molecule has 0 saturated carbocycles. The van der Waals surface area contributed by atoms with Gasteiger partial charge in [-0.1, -0.05) is 18.2 Å². The van der Waals surface area contributed by atoms with Crippen molar-refractivity contribution in [3.63, 3.8) is 0 Å². The molecule has 5 nitrogen and oxygen atoms in total. The van der Waals surface area contributed by atoms with Crippen molar-refractivity contribution in [2.75, 3.05) is 11.3 Å². The summed E-state index contributed by atoms with van der Waals surface area (Å²) < 4.78 is 62.9. The highest BCUT2D eigenvalue weighted by Gasteiger charge is 2.43. The molecule has 27 heavy (non-hydrogen) atoms. The van der Waals surface area contributed by atoms with Crippen LogP contribution in [-0.2, 0) is 9.84 Å². The smallest absolute Gasteiger partial charge is 0.256 e. The highest BCUT2D eigenvalue weighted by atomic mass is 32.2. The molecule has 3 rings (SSSR count). The molecule has 1 aliphatic heterocycles. The molecular formula is C18H18F3N3O2S. The molecule has 0 fully saturated rings. The second-order valence-electron chi connectivity index (χ2n) is 6.58. The van der Waals surface area contributed by atoms with Gasteiger partial charge in [0.05, 0.1) is 17.9 Å². The lowest BCUT2D eigenvalue weighted by atomic mass is 9.97. The normalized spacial score (nSPS) is 17.9. The fourth-order valence-electron chi connectivity index (χ4n) is 2.88. The number of sulfone groups is 1. The maximum absolute atomic E-state index is 13.3. The van der Waals surface area contributed by atoms with Crippen LogP contribution in [0.1, 0.15) is 29.2 Å². The second kappa shape index (κ2) is 6.63. The Morgan fingerprint density at radius 1 is 1.11 bits per heavy atom. The molecule has 0 N–H and O–H groups in total. The highest BCUT2D eigenvalue weighted by Crippen LogP contribution is 2.39. The maximum atomic E-state index is 13.3. The summed E-state index contributed by atoms with van der Waals surface area (Å²) in [4.78, 5) is 3.86. The van der Waals surface area contributed by atoms with Gasteiger partial charge in [-0.3, -0.25) is 5.01 Å². The van der Waals surface area contributed by atoms with Crippen molar-refractivity contribution in [3.05, 3.63) is 53.2 Å². The van der Waals surface area contributed by atoms with E-state index in [1.54, 1.807) is 6.07 Å². The first kappa shape index (κ1) is 19.3. The summed E-state index contributed by atoms with van der Waals surface area (Å²) >= 11 is 0. The maximum Gasteiger partial charge on any atom is 0.431 e. The molecule has 1 aromatic heterocycles. The molecule has 0 radical (unpaired) electrons. The highest BCUT2D eigenvalue weighted by molar-refractivity contribution is 7.90. The van der Waals surface area contributed by atoms with Gasteiger partial charge >= 0.3 is 6.18 Å². The fraction of sp³-hybridized carbons (Fsp3) is 0.333. The van der Waals surface area contributed by atoms with Crippen LogP contribution in [0.2, 0.25) is 0 Å². The van der Waals surface area contributed by atoms with E-state index in [-0.39, 0.29) is 11.4 Å². The third-order valence-electron chi connectivity index (χ3n) is 4.52. The van der Waals surface area contributed by atoms with Crippen molar-refractivity contribution in [1.29, 1.82) is 0 Å². The number of hydrogen-bond acceptors (Lipinski definition) is 5. The Kier molecular flexibility index (Phi) is 4.75. The summed E-state index contributed by atoms with van der Waals surface area (Å²) in [6.45, 7) is 3.82. The summed E-state index contributed by atoms with van der Waals surface area (Å²) in [5, 5.41) is 4.88. The zero-order valence-electron chi connectivity index (χ0n) is 14.9. The number of nitrogens with zero attached hydrogens (tertiary/aromatic N) is 3. The number of hydrogen-bond donors (Lipinski definition) is 0. The molecule has 0 amide bonds. The zero-order valence-corrected chi connectivity index (χ0v) is 15.8. The van der Waals surface area contributed by atoms with Crippen LogP contribution in [0.15, 0.2) is 46.7 Å². The molecule has 0 bridgehead atoms. The van der Waals surface area contributed by atoms with E-state index >= 15 is 0 Å². The Hall–Kier alpha value is -2.42. The molecular weight excluding hydrogens is 379 g/mol. The SMILES string of the molecule is Cc1ccc(C2CC(C(F)(F)F)=NN2c2ccc(S(C)(=O)=O)nc2)cc1C. The van der Waals surface area contributed by atoms with Crippen molar-refractivity contribution in [1.82, 2.24) is 4.98 Å². The van der Waals surface area contributed by atoms with Crippen LogP contribution in [0.25, 0.3) is 0 Å². The average molecular weight is 397 g/mol. The van der Waals surface area contributed by atoms with Gasteiger partial charge in [0.15, 0.2) is 14.9 Å². The van der Waals surface area contributed by atoms with Gasteiger partial charge in [0.25, 0.3) is 0 Å². The van der Waals surface area contributed by atoms with E-state index in [0.717, 1.165) is 17.4 Å². The van der Waals surface area contributed by atoms with Crippen LogP contribution >= 0.6 is 0 Å². The Morgan fingerprint density at radius 2 is 1.81 bits per heavy atom. The molecule has 2 heterocycles. The lowest BCUT2D eigenvalue weighted by molar-refractivity contribution is -0.0600. The van der Waals surface area contributed by atoms with Crippen LogP contribution in [-0.4, -0.2) is 31.5 Å². The molecule has 144 valence electrons. The van der Waals surface area contributed by atoms with E-state index in [2.05, 4.69) is 10.1 Å². The summed E-state index contributed by atoms with van der Waals surface area (Å²) in [7, 11) is -3.50. The Labute approximate surface area is 155 Å². The van der Waals surface area contributed by atoms with Crippen molar-refractivity contribution in [2.24, 2.45) is 5.10 Å². The van der Waals surface area contributed by atoms with Crippen molar-refractivity contribution < 1.29 is 21.6 Å². The summed E-state index contributed by atoms with van der Waals surface area (Å²) in [5.41, 5.74) is 2.13. The number of rotatable bonds is 3. The largest absolute Gasteiger partial charge is 0.431 e. The average Bonchev–Trinajstić information content (AvgIpc) is 3.02. The monoisotopic (exact) mass is 397 g/mol. The molecule has 0 saturated heterocycles.